The van der Waals surface area contributed by atoms with Crippen LogP contribution in [0, 0.1) is 6.92 Å². The van der Waals surface area contributed by atoms with Gasteiger partial charge < -0.3 is 19.7 Å². The lowest BCUT2D eigenvalue weighted by atomic mass is 10.1. The number of β-amino-alcohol motifs (C(OH)–C–C–N with tert-alkyl or cyclic N) is 1. The van der Waals surface area contributed by atoms with Gasteiger partial charge in [0.2, 0.25) is 0 Å². The van der Waals surface area contributed by atoms with Crippen LogP contribution < -0.4 is 10.3 Å². The highest BCUT2D eigenvalue weighted by molar-refractivity contribution is 5.93. The Hall–Kier alpha value is -2.67. The number of aryl methyl sites for hydroxylation is 1. The molecule has 1 aliphatic rings. The molecule has 1 aliphatic heterocycles. The van der Waals surface area contributed by atoms with Crippen molar-refractivity contribution < 1.29 is 14.6 Å². The van der Waals surface area contributed by atoms with Crippen LogP contribution in [0.4, 0.5) is 0 Å². The summed E-state index contributed by atoms with van der Waals surface area (Å²) in [5.74, 6) is 0.681. The van der Waals surface area contributed by atoms with Crippen LogP contribution >= 0.6 is 0 Å². The summed E-state index contributed by atoms with van der Waals surface area (Å²) in [6.07, 6.45) is 1.66. The lowest BCUT2D eigenvalue weighted by Crippen LogP contribution is -2.41. The number of nitrogens with zero attached hydrogens (tertiary/aromatic N) is 2. The molecule has 1 aromatic heterocycles. The minimum absolute atomic E-state index is 0.0196. The molecule has 1 atom stereocenters. The molecule has 0 saturated carbocycles. The number of nitrogens with one attached hydrogen (secondary N) is 1. The van der Waals surface area contributed by atoms with Crippen LogP contribution in [-0.4, -0.2) is 51.2 Å². The molecule has 1 unspecified atom stereocenters. The van der Waals surface area contributed by atoms with Gasteiger partial charge in [-0.25, -0.2) is 4.98 Å². The number of aromatic nitrogens is 2. The molecule has 7 nitrogen and oxygen atoms in total. The molecule has 1 aromatic carbocycles. The number of hydrogen-bond acceptors (Lipinski definition) is 5. The zero-order chi connectivity index (χ0) is 17.2. The summed E-state index contributed by atoms with van der Waals surface area (Å²) in [6, 6.07) is 9.18. The number of aromatic amines is 1. The molecule has 2 N–H and O–H groups in total. The molecule has 2 aromatic rings. The number of rotatable bonds is 4. The van der Waals surface area contributed by atoms with Crippen LogP contribution in [0.2, 0.25) is 0 Å². The van der Waals surface area contributed by atoms with Gasteiger partial charge in [-0.1, -0.05) is 18.2 Å². The monoisotopic (exact) mass is 329 g/mol. The molecule has 24 heavy (non-hydrogen) atoms. The third-order valence-electron chi connectivity index (χ3n) is 4.03. The second kappa shape index (κ2) is 6.45. The Morgan fingerprint density at radius 1 is 1.42 bits per heavy atom. The van der Waals surface area contributed by atoms with Crippen molar-refractivity contribution in [2.45, 2.75) is 18.9 Å². The van der Waals surface area contributed by atoms with Gasteiger partial charge in [0.25, 0.3) is 11.5 Å². The van der Waals surface area contributed by atoms with Crippen LogP contribution in [-0.2, 0) is 0 Å². The van der Waals surface area contributed by atoms with Crippen molar-refractivity contribution in [3.05, 3.63) is 58.3 Å². The molecule has 0 spiro atoms. The molecule has 0 radical (unpaired) electrons. The first kappa shape index (κ1) is 16.2. The van der Waals surface area contributed by atoms with Gasteiger partial charge in [0, 0.05) is 12.7 Å². The van der Waals surface area contributed by atoms with E-state index in [-0.39, 0.29) is 18.7 Å². The molecular weight excluding hydrogens is 310 g/mol. The maximum Gasteiger partial charge on any atom is 0.263 e. The standard InChI is InChI=1S/C17H19N3O4/c1-12-18-9-14(15(21)19-12)16(22)20-8-7-17(23,10-20)11-24-13-5-3-2-4-6-13/h2-6,9,23H,7-8,10-11H2,1H3,(H,18,19,21). The van der Waals surface area contributed by atoms with Crippen molar-refractivity contribution in [2.24, 2.45) is 0 Å². The Morgan fingerprint density at radius 3 is 2.88 bits per heavy atom. The second-order valence-electron chi connectivity index (χ2n) is 6.01. The van der Waals surface area contributed by atoms with Crippen LogP contribution in [0.5, 0.6) is 5.75 Å². The fraction of sp³-hybridized carbons (Fsp3) is 0.353. The third-order valence-corrected chi connectivity index (χ3v) is 4.03. The quantitative estimate of drug-likeness (QED) is 0.862. The zero-order valence-corrected chi connectivity index (χ0v) is 13.4. The van der Waals surface area contributed by atoms with Crippen LogP contribution in [0.3, 0.4) is 0 Å². The number of hydrogen-bond donors (Lipinski definition) is 2. The largest absolute Gasteiger partial charge is 0.491 e. The first-order chi connectivity index (χ1) is 11.5. The van der Waals surface area contributed by atoms with E-state index in [4.69, 9.17) is 4.74 Å². The third kappa shape index (κ3) is 3.46. The predicted octanol–water partition coefficient (Wildman–Crippen LogP) is 0.734. The maximum absolute atomic E-state index is 12.5. The number of carbonyl (C=O) groups excluding carboxylic acids is 1. The van der Waals surface area contributed by atoms with Crippen molar-refractivity contribution >= 4 is 5.91 Å². The predicted molar refractivity (Wildman–Crippen MR) is 87.0 cm³/mol. The fourth-order valence-corrected chi connectivity index (χ4v) is 2.69. The van der Waals surface area contributed by atoms with Crippen LogP contribution in [0.1, 0.15) is 22.6 Å². The average molecular weight is 329 g/mol. The lowest BCUT2D eigenvalue weighted by Gasteiger charge is -2.23. The van der Waals surface area contributed by atoms with E-state index in [1.165, 1.54) is 11.1 Å². The Labute approximate surface area is 138 Å². The van der Waals surface area contributed by atoms with Gasteiger partial charge in [-0.15, -0.1) is 0 Å². The summed E-state index contributed by atoms with van der Waals surface area (Å²) in [7, 11) is 0. The second-order valence-corrected chi connectivity index (χ2v) is 6.01. The summed E-state index contributed by atoms with van der Waals surface area (Å²) < 4.78 is 5.60. The van der Waals surface area contributed by atoms with Crippen molar-refractivity contribution in [1.82, 2.24) is 14.9 Å². The molecule has 0 bridgehead atoms. The number of amides is 1. The topological polar surface area (TPSA) is 95.5 Å². The van der Waals surface area contributed by atoms with E-state index in [9.17, 15) is 14.7 Å². The molecule has 2 heterocycles. The lowest BCUT2D eigenvalue weighted by molar-refractivity contribution is 0.00428. The highest BCUT2D eigenvalue weighted by Crippen LogP contribution is 2.24. The molecular formula is C17H19N3O4. The highest BCUT2D eigenvalue weighted by Gasteiger charge is 2.39. The van der Waals surface area contributed by atoms with Gasteiger partial charge >= 0.3 is 0 Å². The van der Waals surface area contributed by atoms with Crippen molar-refractivity contribution in [3.63, 3.8) is 0 Å². The van der Waals surface area contributed by atoms with E-state index < -0.39 is 17.1 Å². The van der Waals surface area contributed by atoms with Crippen LogP contribution in [0.25, 0.3) is 0 Å². The first-order valence-corrected chi connectivity index (χ1v) is 7.72. The Morgan fingerprint density at radius 2 is 2.17 bits per heavy atom. The highest BCUT2D eigenvalue weighted by atomic mass is 16.5. The van der Waals surface area contributed by atoms with E-state index in [0.29, 0.717) is 24.5 Å². The van der Waals surface area contributed by atoms with Crippen LogP contribution in [0.15, 0.2) is 41.3 Å². The summed E-state index contributed by atoms with van der Waals surface area (Å²) in [5.41, 5.74) is -1.62. The van der Waals surface area contributed by atoms with Crippen molar-refractivity contribution in [2.75, 3.05) is 19.7 Å². The molecule has 0 aliphatic carbocycles. The molecule has 7 heteroatoms. The fourth-order valence-electron chi connectivity index (χ4n) is 2.69. The minimum atomic E-state index is -1.13. The normalized spacial score (nSPS) is 20.2. The van der Waals surface area contributed by atoms with Crippen molar-refractivity contribution in [1.29, 1.82) is 0 Å². The van der Waals surface area contributed by atoms with Gasteiger partial charge in [0.1, 0.15) is 29.3 Å². The zero-order valence-electron chi connectivity index (χ0n) is 13.4. The Bertz CT molecular complexity index is 790. The summed E-state index contributed by atoms with van der Waals surface area (Å²) in [4.78, 5) is 32.3. The van der Waals surface area contributed by atoms with E-state index in [0.717, 1.165) is 0 Å². The number of ether oxygens (including phenoxy) is 1. The summed E-state index contributed by atoms with van der Waals surface area (Å²) in [6.45, 7) is 2.21. The number of likely N-dealkylation sites (tertiary alicyclic amines) is 1. The molecule has 1 saturated heterocycles. The number of para-hydroxylation sites is 1. The SMILES string of the molecule is Cc1ncc(C(=O)N2CCC(O)(COc3ccccc3)C2)c(=O)[nH]1. The molecule has 1 fully saturated rings. The average Bonchev–Trinajstić information content (AvgIpc) is 2.96. The number of benzene rings is 1. The molecule has 3 rings (SSSR count). The maximum atomic E-state index is 12.5. The summed E-state index contributed by atoms with van der Waals surface area (Å²) in [5, 5.41) is 10.6. The van der Waals surface area contributed by atoms with Gasteiger partial charge in [-0.3, -0.25) is 9.59 Å². The number of H-pyrrole nitrogens is 1. The van der Waals surface area contributed by atoms with Gasteiger partial charge in [0.15, 0.2) is 0 Å². The number of carbonyl (C=O) groups is 1. The van der Waals surface area contributed by atoms with Gasteiger partial charge in [-0.05, 0) is 25.5 Å². The van der Waals surface area contributed by atoms with E-state index in [1.54, 1.807) is 19.1 Å². The Kier molecular flexibility index (Phi) is 4.35. The van der Waals surface area contributed by atoms with E-state index in [1.807, 2.05) is 18.2 Å². The minimum Gasteiger partial charge on any atom is -0.491 e. The van der Waals surface area contributed by atoms with Gasteiger partial charge in [0.05, 0.1) is 6.54 Å². The molecule has 126 valence electrons. The first-order valence-electron chi connectivity index (χ1n) is 7.72. The van der Waals surface area contributed by atoms with E-state index >= 15 is 0 Å². The summed E-state index contributed by atoms with van der Waals surface area (Å²) >= 11 is 0. The Balaban J connectivity index is 1.65. The smallest absolute Gasteiger partial charge is 0.263 e. The van der Waals surface area contributed by atoms with Gasteiger partial charge in [-0.2, -0.15) is 0 Å². The number of aliphatic hydroxyl groups is 1. The van der Waals surface area contributed by atoms with Crippen molar-refractivity contribution in [3.8, 4) is 5.75 Å². The molecule has 1 amide bonds. The van der Waals surface area contributed by atoms with E-state index in [2.05, 4.69) is 9.97 Å².